The number of esters is 1. The molecule has 1 fully saturated rings. The molecule has 0 aliphatic heterocycles. The van der Waals surface area contributed by atoms with Crippen molar-refractivity contribution in [3.8, 4) is 0 Å². The summed E-state index contributed by atoms with van der Waals surface area (Å²) in [6.07, 6.45) is 2.07. The number of methoxy groups -OCH3 is 1. The molecular formula is C17H18N2O3S. The van der Waals surface area contributed by atoms with Crippen LogP contribution in [0.4, 0.5) is 0 Å². The number of carbonyl (C=O) groups excluding carboxylic acids is 2. The molecule has 120 valence electrons. The van der Waals surface area contributed by atoms with Crippen molar-refractivity contribution < 1.29 is 14.3 Å². The van der Waals surface area contributed by atoms with E-state index in [9.17, 15) is 9.59 Å². The van der Waals surface area contributed by atoms with Gasteiger partial charge >= 0.3 is 5.97 Å². The Kier molecular flexibility index (Phi) is 4.52. The van der Waals surface area contributed by atoms with E-state index < -0.39 is 0 Å². The molecule has 1 aromatic heterocycles. The van der Waals surface area contributed by atoms with E-state index in [-0.39, 0.29) is 17.1 Å². The largest absolute Gasteiger partial charge is 0.468 e. The Bertz CT molecular complexity index is 759. The van der Waals surface area contributed by atoms with E-state index in [1.54, 1.807) is 13.0 Å². The van der Waals surface area contributed by atoms with Crippen LogP contribution in [0, 0.1) is 0 Å². The molecule has 0 spiro atoms. The molecule has 1 atom stereocenters. The molecule has 1 aliphatic rings. The smallest absolute Gasteiger partial charge is 0.318 e. The Morgan fingerprint density at radius 3 is 2.78 bits per heavy atom. The van der Waals surface area contributed by atoms with E-state index >= 15 is 0 Å². The van der Waals surface area contributed by atoms with Crippen molar-refractivity contribution in [2.75, 3.05) is 7.11 Å². The number of rotatable bonds is 5. The van der Waals surface area contributed by atoms with Crippen LogP contribution in [-0.2, 0) is 9.53 Å². The van der Waals surface area contributed by atoms with Crippen LogP contribution < -0.4 is 5.32 Å². The van der Waals surface area contributed by atoms with Gasteiger partial charge in [-0.25, -0.2) is 4.98 Å². The SMILES string of the molecule is COC(=O)C(C)Sc1cc(C(=O)NC2CC2)c2ccccc2n1. The first-order valence-corrected chi connectivity index (χ1v) is 8.41. The highest BCUT2D eigenvalue weighted by Gasteiger charge is 2.25. The molecule has 1 heterocycles. The van der Waals surface area contributed by atoms with Crippen molar-refractivity contribution in [2.45, 2.75) is 36.1 Å². The number of para-hydroxylation sites is 1. The highest BCUT2D eigenvalue weighted by Crippen LogP contribution is 2.28. The lowest BCUT2D eigenvalue weighted by Crippen LogP contribution is -2.25. The van der Waals surface area contributed by atoms with E-state index in [1.165, 1.54) is 18.9 Å². The predicted octanol–water partition coefficient (Wildman–Crippen LogP) is 2.78. The van der Waals surface area contributed by atoms with E-state index in [0.717, 1.165) is 23.7 Å². The lowest BCUT2D eigenvalue weighted by molar-refractivity contribution is -0.139. The molecule has 1 N–H and O–H groups in total. The quantitative estimate of drug-likeness (QED) is 0.674. The van der Waals surface area contributed by atoms with Crippen LogP contribution in [0.5, 0.6) is 0 Å². The molecule has 23 heavy (non-hydrogen) atoms. The Morgan fingerprint density at radius 2 is 2.09 bits per heavy atom. The monoisotopic (exact) mass is 330 g/mol. The minimum absolute atomic E-state index is 0.0846. The first kappa shape index (κ1) is 15.8. The highest BCUT2D eigenvalue weighted by molar-refractivity contribution is 8.00. The summed E-state index contributed by atoms with van der Waals surface area (Å²) in [4.78, 5) is 28.6. The van der Waals surface area contributed by atoms with Gasteiger partial charge in [0.05, 0.1) is 23.2 Å². The molecule has 6 heteroatoms. The van der Waals surface area contributed by atoms with Gasteiger partial charge in [-0.05, 0) is 31.9 Å². The summed E-state index contributed by atoms with van der Waals surface area (Å²) in [7, 11) is 1.36. The molecule has 1 saturated carbocycles. The van der Waals surface area contributed by atoms with Gasteiger partial charge in [0, 0.05) is 11.4 Å². The van der Waals surface area contributed by atoms with E-state index in [4.69, 9.17) is 4.74 Å². The second-order valence-electron chi connectivity index (χ2n) is 5.56. The lowest BCUT2D eigenvalue weighted by Gasteiger charge is -2.12. The molecule has 1 aromatic carbocycles. The summed E-state index contributed by atoms with van der Waals surface area (Å²) in [5.74, 6) is -0.396. The zero-order valence-corrected chi connectivity index (χ0v) is 13.9. The molecule has 0 saturated heterocycles. The first-order chi connectivity index (χ1) is 11.1. The Hall–Kier alpha value is -2.08. The Balaban J connectivity index is 1.95. The van der Waals surface area contributed by atoms with Crippen molar-refractivity contribution in [2.24, 2.45) is 0 Å². The molecule has 0 bridgehead atoms. The molecule has 1 amide bonds. The second-order valence-corrected chi connectivity index (χ2v) is 6.92. The summed E-state index contributed by atoms with van der Waals surface area (Å²) in [5.41, 5.74) is 1.34. The maximum atomic E-state index is 12.5. The zero-order chi connectivity index (χ0) is 16.4. The summed E-state index contributed by atoms with van der Waals surface area (Å²) in [6.45, 7) is 1.76. The van der Waals surface area contributed by atoms with Crippen molar-refractivity contribution in [3.05, 3.63) is 35.9 Å². The summed E-state index contributed by atoms with van der Waals surface area (Å²) < 4.78 is 4.74. The standard InChI is InChI=1S/C17H18N2O3S/c1-10(17(21)22-2)23-15-9-13(16(20)18-11-7-8-11)12-5-3-4-6-14(12)19-15/h3-6,9-11H,7-8H2,1-2H3,(H,18,20). The average molecular weight is 330 g/mol. The van der Waals surface area contributed by atoms with Crippen LogP contribution in [0.2, 0.25) is 0 Å². The zero-order valence-electron chi connectivity index (χ0n) is 13.0. The molecule has 5 nitrogen and oxygen atoms in total. The Morgan fingerprint density at radius 1 is 1.35 bits per heavy atom. The summed E-state index contributed by atoms with van der Waals surface area (Å²) in [6, 6.07) is 9.58. The molecule has 1 aliphatic carbocycles. The van der Waals surface area contributed by atoms with Crippen molar-refractivity contribution in [1.82, 2.24) is 10.3 Å². The van der Waals surface area contributed by atoms with Crippen LogP contribution in [0.1, 0.15) is 30.1 Å². The summed E-state index contributed by atoms with van der Waals surface area (Å²) in [5, 5.41) is 4.09. The van der Waals surface area contributed by atoms with Gasteiger partial charge in [-0.15, -0.1) is 0 Å². The van der Waals surface area contributed by atoms with Crippen LogP contribution in [0.3, 0.4) is 0 Å². The van der Waals surface area contributed by atoms with Crippen molar-refractivity contribution in [1.29, 1.82) is 0 Å². The first-order valence-electron chi connectivity index (χ1n) is 7.53. The second kappa shape index (κ2) is 6.58. The van der Waals surface area contributed by atoms with Crippen LogP contribution in [-0.4, -0.2) is 35.3 Å². The fourth-order valence-corrected chi connectivity index (χ4v) is 3.18. The van der Waals surface area contributed by atoms with Gasteiger partial charge in [0.2, 0.25) is 0 Å². The normalized spacial score (nSPS) is 15.2. The van der Waals surface area contributed by atoms with E-state index in [1.807, 2.05) is 24.3 Å². The number of thioether (sulfide) groups is 1. The molecule has 3 rings (SSSR count). The number of pyridine rings is 1. The third-order valence-electron chi connectivity index (χ3n) is 3.68. The van der Waals surface area contributed by atoms with E-state index in [0.29, 0.717) is 16.6 Å². The molecular weight excluding hydrogens is 312 g/mol. The van der Waals surface area contributed by atoms with Crippen LogP contribution >= 0.6 is 11.8 Å². The number of amides is 1. The maximum absolute atomic E-state index is 12.5. The predicted molar refractivity (Wildman–Crippen MR) is 89.6 cm³/mol. The van der Waals surface area contributed by atoms with Crippen molar-refractivity contribution >= 4 is 34.5 Å². The molecule has 2 aromatic rings. The molecule has 1 unspecified atom stereocenters. The third-order valence-corrected chi connectivity index (χ3v) is 4.68. The fraction of sp³-hybridized carbons (Fsp3) is 0.353. The number of hydrogen-bond acceptors (Lipinski definition) is 5. The van der Waals surface area contributed by atoms with Crippen LogP contribution in [0.15, 0.2) is 35.4 Å². The van der Waals surface area contributed by atoms with Crippen molar-refractivity contribution in [3.63, 3.8) is 0 Å². The summed E-state index contributed by atoms with van der Waals surface area (Å²) >= 11 is 1.29. The van der Waals surface area contributed by atoms with Gasteiger partial charge in [-0.1, -0.05) is 30.0 Å². The number of nitrogens with zero attached hydrogens (tertiary/aromatic N) is 1. The Labute approximate surface area is 138 Å². The minimum Gasteiger partial charge on any atom is -0.468 e. The fourth-order valence-electron chi connectivity index (χ4n) is 2.29. The number of benzene rings is 1. The number of aromatic nitrogens is 1. The van der Waals surface area contributed by atoms with Gasteiger partial charge in [0.15, 0.2) is 0 Å². The average Bonchev–Trinajstić information content (AvgIpc) is 3.37. The van der Waals surface area contributed by atoms with Crippen LogP contribution in [0.25, 0.3) is 10.9 Å². The number of carbonyl (C=O) groups is 2. The van der Waals surface area contributed by atoms with Gasteiger partial charge in [-0.3, -0.25) is 9.59 Å². The third kappa shape index (κ3) is 3.64. The van der Waals surface area contributed by atoms with Gasteiger partial charge in [-0.2, -0.15) is 0 Å². The number of ether oxygens (including phenoxy) is 1. The van der Waals surface area contributed by atoms with Gasteiger partial charge in [0.25, 0.3) is 5.91 Å². The number of hydrogen-bond donors (Lipinski definition) is 1. The van der Waals surface area contributed by atoms with Gasteiger partial charge < -0.3 is 10.1 Å². The topological polar surface area (TPSA) is 68.3 Å². The number of fused-ring (bicyclic) bond motifs is 1. The highest BCUT2D eigenvalue weighted by atomic mass is 32.2. The minimum atomic E-state index is -0.381. The molecule has 0 radical (unpaired) electrons. The van der Waals surface area contributed by atoms with Gasteiger partial charge in [0.1, 0.15) is 5.25 Å². The lowest BCUT2D eigenvalue weighted by atomic mass is 10.1. The maximum Gasteiger partial charge on any atom is 0.318 e. The number of nitrogens with one attached hydrogen (secondary N) is 1. The van der Waals surface area contributed by atoms with E-state index in [2.05, 4.69) is 10.3 Å².